The average Bonchev–Trinajstić information content (AvgIpc) is 2.62. The molecular weight excluding hydrogens is 324 g/mol. The van der Waals surface area contributed by atoms with Crippen molar-refractivity contribution in [2.75, 3.05) is 33.8 Å². The first-order chi connectivity index (χ1) is 12.0. The summed E-state index contributed by atoms with van der Waals surface area (Å²) < 4.78 is 5.18. The highest BCUT2D eigenvalue weighted by Crippen LogP contribution is 2.26. The Morgan fingerprint density at radius 2 is 1.92 bits per heavy atom. The van der Waals surface area contributed by atoms with Crippen LogP contribution in [0.3, 0.4) is 0 Å². The van der Waals surface area contributed by atoms with Crippen LogP contribution in [0.5, 0.6) is 5.75 Å². The number of likely N-dealkylation sites (N-methyl/N-ethyl adjacent to an activating group) is 1. The second kappa shape index (κ2) is 6.94. The lowest BCUT2D eigenvalue weighted by Crippen LogP contribution is -2.50. The molecule has 3 rings (SSSR count). The Bertz CT molecular complexity index is 871. The second-order valence-corrected chi connectivity index (χ2v) is 6.01. The minimum atomic E-state index is -0.673. The maximum atomic E-state index is 12.7. The molecule has 1 fully saturated rings. The number of carbonyl (C=O) groups is 1. The van der Waals surface area contributed by atoms with Crippen molar-refractivity contribution in [3.05, 3.63) is 62.4 Å². The number of benzene rings is 1. The smallest absolute Gasteiger partial charge is 0.325 e. The third-order valence-electron chi connectivity index (χ3n) is 4.49. The maximum Gasteiger partial charge on any atom is 0.325 e. The van der Waals surface area contributed by atoms with Crippen LogP contribution in [-0.4, -0.2) is 59.5 Å². The van der Waals surface area contributed by atoms with Crippen LogP contribution in [0, 0.1) is 0 Å². The van der Waals surface area contributed by atoms with Gasteiger partial charge in [-0.3, -0.25) is 19.5 Å². The minimum Gasteiger partial charge on any atom is -0.497 e. The molecule has 2 N–H and O–H groups in total. The van der Waals surface area contributed by atoms with E-state index in [9.17, 15) is 14.4 Å². The fourth-order valence-corrected chi connectivity index (χ4v) is 2.98. The van der Waals surface area contributed by atoms with E-state index < -0.39 is 11.2 Å². The Labute approximate surface area is 144 Å². The molecule has 0 spiro atoms. The third kappa shape index (κ3) is 3.48. The van der Waals surface area contributed by atoms with Gasteiger partial charge in [0.25, 0.3) is 11.5 Å². The van der Waals surface area contributed by atoms with Crippen LogP contribution < -0.4 is 16.0 Å². The first-order valence-electron chi connectivity index (χ1n) is 7.95. The number of carbonyl (C=O) groups excluding carboxylic acids is 1. The van der Waals surface area contributed by atoms with Gasteiger partial charge < -0.3 is 14.6 Å². The van der Waals surface area contributed by atoms with Crippen molar-refractivity contribution in [2.45, 2.75) is 6.04 Å². The standard InChI is InChI=1S/C17H20N4O4/c1-20-7-8-21(16(23)13-9-18-17(24)19-15(13)22)10-14(20)11-3-5-12(25-2)6-4-11/h3-6,9,14H,7-8,10H2,1-2H3,(H2,18,19,22,24)/t14-/m1/s1. The largest absolute Gasteiger partial charge is 0.497 e. The molecule has 2 heterocycles. The van der Waals surface area contributed by atoms with Crippen molar-refractivity contribution in [3.63, 3.8) is 0 Å². The number of piperazine rings is 1. The summed E-state index contributed by atoms with van der Waals surface area (Å²) in [5.74, 6) is 0.388. The van der Waals surface area contributed by atoms with Gasteiger partial charge >= 0.3 is 5.69 Å². The quantitative estimate of drug-likeness (QED) is 0.829. The molecule has 1 saturated heterocycles. The molecule has 8 heteroatoms. The lowest BCUT2D eigenvalue weighted by molar-refractivity contribution is 0.0544. The average molecular weight is 344 g/mol. The van der Waals surface area contributed by atoms with Gasteiger partial charge in [0.2, 0.25) is 0 Å². The van der Waals surface area contributed by atoms with Crippen LogP contribution in [-0.2, 0) is 0 Å². The number of ether oxygens (including phenoxy) is 1. The summed E-state index contributed by atoms with van der Waals surface area (Å²) in [4.78, 5) is 43.9. The van der Waals surface area contributed by atoms with Crippen LogP contribution in [0.25, 0.3) is 0 Å². The highest BCUT2D eigenvalue weighted by Gasteiger charge is 2.30. The van der Waals surface area contributed by atoms with Crippen molar-refractivity contribution in [3.8, 4) is 5.75 Å². The zero-order chi connectivity index (χ0) is 18.0. The fraction of sp³-hybridized carbons (Fsp3) is 0.353. The molecule has 25 heavy (non-hydrogen) atoms. The number of aromatic nitrogens is 2. The van der Waals surface area contributed by atoms with Crippen molar-refractivity contribution >= 4 is 5.91 Å². The molecule has 132 valence electrons. The van der Waals surface area contributed by atoms with Gasteiger partial charge in [-0.15, -0.1) is 0 Å². The summed E-state index contributed by atoms with van der Waals surface area (Å²) in [6, 6.07) is 7.74. The predicted octanol–water partition coefficient (Wildman–Crippen LogP) is 0.201. The van der Waals surface area contributed by atoms with E-state index in [1.54, 1.807) is 12.0 Å². The molecule has 0 saturated carbocycles. The molecule has 0 bridgehead atoms. The molecule has 1 atom stereocenters. The van der Waals surface area contributed by atoms with E-state index in [4.69, 9.17) is 4.74 Å². The van der Waals surface area contributed by atoms with E-state index in [1.807, 2.05) is 31.3 Å². The van der Waals surface area contributed by atoms with Crippen LogP contribution >= 0.6 is 0 Å². The molecule has 0 radical (unpaired) electrons. The number of hydrogen-bond donors (Lipinski definition) is 2. The van der Waals surface area contributed by atoms with E-state index in [2.05, 4.69) is 14.9 Å². The lowest BCUT2D eigenvalue weighted by atomic mass is 10.0. The summed E-state index contributed by atoms with van der Waals surface area (Å²) in [5, 5.41) is 0. The monoisotopic (exact) mass is 344 g/mol. The van der Waals surface area contributed by atoms with E-state index in [-0.39, 0.29) is 17.5 Å². The Hall–Kier alpha value is -2.87. The SMILES string of the molecule is COc1ccc([C@H]2CN(C(=O)c3c[nH]c(=O)[nH]c3=O)CCN2C)cc1. The summed E-state index contributed by atoms with van der Waals surface area (Å²) >= 11 is 0. The number of nitrogens with one attached hydrogen (secondary N) is 2. The number of aromatic amines is 2. The van der Waals surface area contributed by atoms with Crippen molar-refractivity contribution < 1.29 is 9.53 Å². The zero-order valence-corrected chi connectivity index (χ0v) is 14.1. The molecule has 1 aromatic carbocycles. The number of nitrogens with zero attached hydrogens (tertiary/aromatic N) is 2. The number of hydrogen-bond acceptors (Lipinski definition) is 5. The van der Waals surface area contributed by atoms with Gasteiger partial charge in [0.1, 0.15) is 11.3 Å². The van der Waals surface area contributed by atoms with Gasteiger partial charge in [-0.1, -0.05) is 12.1 Å². The van der Waals surface area contributed by atoms with Gasteiger partial charge in [-0.25, -0.2) is 4.79 Å². The minimum absolute atomic E-state index is 0.0189. The highest BCUT2D eigenvalue weighted by atomic mass is 16.5. The molecule has 1 amide bonds. The first kappa shape index (κ1) is 17.0. The van der Waals surface area contributed by atoms with Crippen LogP contribution in [0.15, 0.2) is 40.1 Å². The van der Waals surface area contributed by atoms with Gasteiger partial charge in [0.05, 0.1) is 13.2 Å². The number of amides is 1. The molecule has 0 aliphatic carbocycles. The van der Waals surface area contributed by atoms with Crippen LogP contribution in [0.1, 0.15) is 22.0 Å². The molecule has 8 nitrogen and oxygen atoms in total. The molecular formula is C17H20N4O4. The summed E-state index contributed by atoms with van der Waals surface area (Å²) in [5.41, 5.74) is -0.293. The number of methoxy groups -OCH3 is 1. The third-order valence-corrected chi connectivity index (χ3v) is 4.49. The fourth-order valence-electron chi connectivity index (χ4n) is 2.98. The summed E-state index contributed by atoms with van der Waals surface area (Å²) in [7, 11) is 3.62. The molecule has 1 aliphatic rings. The lowest BCUT2D eigenvalue weighted by Gasteiger charge is -2.39. The Morgan fingerprint density at radius 3 is 2.56 bits per heavy atom. The van der Waals surface area contributed by atoms with E-state index in [1.165, 1.54) is 6.20 Å². The highest BCUT2D eigenvalue weighted by molar-refractivity contribution is 5.93. The predicted molar refractivity (Wildman–Crippen MR) is 92.0 cm³/mol. The maximum absolute atomic E-state index is 12.7. The van der Waals surface area contributed by atoms with E-state index in [0.29, 0.717) is 19.6 Å². The van der Waals surface area contributed by atoms with Crippen molar-refractivity contribution in [1.82, 2.24) is 19.8 Å². The van der Waals surface area contributed by atoms with Crippen molar-refractivity contribution in [1.29, 1.82) is 0 Å². The second-order valence-electron chi connectivity index (χ2n) is 6.01. The topological polar surface area (TPSA) is 98.5 Å². The summed E-state index contributed by atoms with van der Waals surface area (Å²) in [6.45, 7) is 1.66. The Morgan fingerprint density at radius 1 is 1.20 bits per heavy atom. The summed E-state index contributed by atoms with van der Waals surface area (Å²) in [6.07, 6.45) is 1.17. The molecule has 2 aromatic rings. The van der Waals surface area contributed by atoms with Gasteiger partial charge in [-0.05, 0) is 24.7 Å². The zero-order valence-electron chi connectivity index (χ0n) is 14.1. The van der Waals surface area contributed by atoms with Crippen molar-refractivity contribution in [2.24, 2.45) is 0 Å². The van der Waals surface area contributed by atoms with Gasteiger partial charge in [0, 0.05) is 25.8 Å². The van der Waals surface area contributed by atoms with E-state index >= 15 is 0 Å². The van der Waals surface area contributed by atoms with Gasteiger partial charge in [-0.2, -0.15) is 0 Å². The van der Waals surface area contributed by atoms with Crippen LogP contribution in [0.2, 0.25) is 0 Å². The molecule has 0 unspecified atom stereocenters. The van der Waals surface area contributed by atoms with E-state index in [0.717, 1.165) is 11.3 Å². The number of rotatable bonds is 3. The normalized spacial score (nSPS) is 18.2. The number of H-pyrrole nitrogens is 2. The Balaban J connectivity index is 1.82. The first-order valence-corrected chi connectivity index (χ1v) is 7.95. The molecule has 1 aromatic heterocycles. The Kier molecular flexibility index (Phi) is 4.71. The van der Waals surface area contributed by atoms with Gasteiger partial charge in [0.15, 0.2) is 0 Å². The molecule has 1 aliphatic heterocycles. The van der Waals surface area contributed by atoms with Crippen LogP contribution in [0.4, 0.5) is 0 Å².